The Hall–Kier alpha value is 0.440. The van der Waals surface area contributed by atoms with E-state index in [9.17, 15) is 0 Å². The van der Waals surface area contributed by atoms with Crippen LogP contribution in [0.5, 0.6) is 0 Å². The van der Waals surface area contributed by atoms with Gasteiger partial charge >= 0.3 is 0 Å². The van der Waals surface area contributed by atoms with Crippen molar-refractivity contribution in [2.24, 2.45) is 0 Å². The monoisotopic (exact) mass is 317 g/mol. The van der Waals surface area contributed by atoms with Gasteiger partial charge in [0.15, 0.2) is 0 Å². The van der Waals surface area contributed by atoms with E-state index in [0.717, 1.165) is 11.4 Å². The minimum absolute atomic E-state index is 0.934. The molecular weight excluding hydrogens is 286 g/mol. The average molecular weight is 318 g/mol. The van der Waals surface area contributed by atoms with Crippen molar-refractivity contribution in [3.63, 3.8) is 0 Å². The van der Waals surface area contributed by atoms with E-state index in [0.29, 0.717) is 0 Å². The maximum absolute atomic E-state index is 3.56. The van der Waals surface area contributed by atoms with Gasteiger partial charge in [0.1, 0.15) is 0 Å². The molecule has 0 spiro atoms. The molecule has 1 saturated carbocycles. The van der Waals surface area contributed by atoms with Crippen molar-refractivity contribution in [3.05, 3.63) is 0 Å². The lowest BCUT2D eigenvalue weighted by atomic mass is 9.91. The lowest BCUT2D eigenvalue weighted by molar-refractivity contribution is 0.125. The van der Waals surface area contributed by atoms with E-state index in [1.807, 2.05) is 0 Å². The molecule has 1 rings (SSSR count). The smallest absolute Gasteiger partial charge is 0.00952 e. The Balaban J connectivity index is 1.98. The number of unbranched alkanes of at least 4 members (excludes halogenated alkanes) is 6. The molecule has 0 aromatic carbocycles. The lowest BCUT2D eigenvalue weighted by Gasteiger charge is -2.37. The van der Waals surface area contributed by atoms with E-state index < -0.39 is 0 Å². The minimum atomic E-state index is 0.934. The van der Waals surface area contributed by atoms with Crippen LogP contribution in [0.25, 0.3) is 0 Å². The number of hydrogen-bond acceptors (Lipinski definition) is 1. The minimum Gasteiger partial charge on any atom is -0.300 e. The highest BCUT2D eigenvalue weighted by Gasteiger charge is 2.23. The van der Waals surface area contributed by atoms with E-state index in [-0.39, 0.29) is 0 Å². The number of alkyl halides is 1. The Bertz CT molecular complexity index is 180. The Kier molecular flexibility index (Phi) is 10.3. The van der Waals surface area contributed by atoms with Crippen LogP contribution in [0.1, 0.15) is 77.6 Å². The molecule has 1 fully saturated rings. The van der Waals surface area contributed by atoms with Gasteiger partial charge in [-0.25, -0.2) is 0 Å². The summed E-state index contributed by atoms with van der Waals surface area (Å²) in [5, 5.41) is 1.16. The van der Waals surface area contributed by atoms with Gasteiger partial charge in [-0.15, -0.1) is 0 Å². The Labute approximate surface area is 123 Å². The highest BCUT2D eigenvalue weighted by molar-refractivity contribution is 9.09. The molecule has 0 radical (unpaired) electrons. The van der Waals surface area contributed by atoms with Gasteiger partial charge in [-0.05, 0) is 38.8 Å². The van der Waals surface area contributed by atoms with Crippen molar-refractivity contribution in [3.8, 4) is 0 Å². The van der Waals surface area contributed by atoms with Gasteiger partial charge < -0.3 is 4.90 Å². The first-order valence-corrected chi connectivity index (χ1v) is 9.30. The summed E-state index contributed by atoms with van der Waals surface area (Å²) in [4.78, 5) is 2.76. The Morgan fingerprint density at radius 1 is 0.889 bits per heavy atom. The summed E-state index contributed by atoms with van der Waals surface area (Å²) in [5.74, 6) is 0. The zero-order valence-corrected chi connectivity index (χ0v) is 13.9. The summed E-state index contributed by atoms with van der Waals surface area (Å²) < 4.78 is 0. The molecule has 1 aliphatic rings. The third-order valence-electron chi connectivity index (χ3n) is 4.22. The standard InChI is InChI=1S/C16H32BrN/c1-2-3-4-5-6-7-8-14-18(15-10-13-17)16-11-9-12-16/h16H,2-15H2,1H3. The fraction of sp³-hybridized carbons (Fsp3) is 1.00. The first-order valence-electron chi connectivity index (χ1n) is 8.18. The van der Waals surface area contributed by atoms with Crippen molar-refractivity contribution >= 4 is 15.9 Å². The van der Waals surface area contributed by atoms with Gasteiger partial charge in [-0.2, -0.15) is 0 Å². The predicted molar refractivity (Wildman–Crippen MR) is 85.6 cm³/mol. The van der Waals surface area contributed by atoms with Crippen LogP contribution >= 0.6 is 15.9 Å². The zero-order valence-electron chi connectivity index (χ0n) is 12.3. The predicted octanol–water partition coefficient (Wildman–Crippen LogP) is 5.38. The second-order valence-corrected chi connectivity index (χ2v) is 6.58. The maximum Gasteiger partial charge on any atom is 0.00952 e. The molecule has 0 aromatic heterocycles. The first-order chi connectivity index (χ1) is 8.88. The van der Waals surface area contributed by atoms with Crippen LogP contribution in [0.15, 0.2) is 0 Å². The number of nitrogens with zero attached hydrogens (tertiary/aromatic N) is 1. The van der Waals surface area contributed by atoms with Crippen LogP contribution in [0.4, 0.5) is 0 Å². The molecule has 2 heteroatoms. The highest BCUT2D eigenvalue weighted by Crippen LogP contribution is 2.25. The van der Waals surface area contributed by atoms with Crippen molar-refractivity contribution in [1.82, 2.24) is 4.90 Å². The highest BCUT2D eigenvalue weighted by atomic mass is 79.9. The SMILES string of the molecule is CCCCCCCCCN(CCCBr)C1CCC1. The molecule has 0 heterocycles. The summed E-state index contributed by atoms with van der Waals surface area (Å²) >= 11 is 3.56. The number of halogens is 1. The summed E-state index contributed by atoms with van der Waals surface area (Å²) in [6, 6.07) is 0.934. The van der Waals surface area contributed by atoms with Crippen molar-refractivity contribution < 1.29 is 0 Å². The van der Waals surface area contributed by atoms with Gasteiger partial charge in [0, 0.05) is 11.4 Å². The summed E-state index contributed by atoms with van der Waals surface area (Å²) in [5.41, 5.74) is 0. The van der Waals surface area contributed by atoms with Crippen LogP contribution in [0.3, 0.4) is 0 Å². The Morgan fingerprint density at radius 2 is 1.50 bits per heavy atom. The third-order valence-corrected chi connectivity index (χ3v) is 4.78. The van der Waals surface area contributed by atoms with Gasteiger partial charge in [0.05, 0.1) is 0 Å². The summed E-state index contributed by atoms with van der Waals surface area (Å²) in [6.07, 6.45) is 15.7. The van der Waals surface area contributed by atoms with Crippen molar-refractivity contribution in [2.75, 3.05) is 18.4 Å². The maximum atomic E-state index is 3.56. The molecule has 0 unspecified atom stereocenters. The largest absolute Gasteiger partial charge is 0.300 e. The molecule has 1 nitrogen and oxygen atoms in total. The molecule has 0 aromatic rings. The molecule has 108 valence electrons. The Morgan fingerprint density at radius 3 is 2.06 bits per heavy atom. The number of rotatable bonds is 12. The van der Waals surface area contributed by atoms with Crippen molar-refractivity contribution in [2.45, 2.75) is 83.6 Å². The average Bonchev–Trinajstić information content (AvgIpc) is 2.32. The van der Waals surface area contributed by atoms with Gasteiger partial charge in [-0.1, -0.05) is 67.8 Å². The molecule has 1 aliphatic carbocycles. The van der Waals surface area contributed by atoms with Crippen LogP contribution in [-0.4, -0.2) is 29.4 Å². The lowest BCUT2D eigenvalue weighted by Crippen LogP contribution is -2.41. The van der Waals surface area contributed by atoms with E-state index in [1.54, 1.807) is 0 Å². The molecule has 0 bridgehead atoms. The molecule has 0 aliphatic heterocycles. The topological polar surface area (TPSA) is 3.24 Å². The normalized spacial score (nSPS) is 16.2. The molecule has 0 atom stereocenters. The quantitative estimate of drug-likeness (QED) is 0.345. The van der Waals surface area contributed by atoms with Crippen LogP contribution in [-0.2, 0) is 0 Å². The molecular formula is C16H32BrN. The van der Waals surface area contributed by atoms with E-state index in [4.69, 9.17) is 0 Å². The fourth-order valence-electron chi connectivity index (χ4n) is 2.76. The first kappa shape index (κ1) is 16.5. The third kappa shape index (κ3) is 7.13. The summed E-state index contributed by atoms with van der Waals surface area (Å²) in [7, 11) is 0. The van der Waals surface area contributed by atoms with Crippen LogP contribution in [0.2, 0.25) is 0 Å². The van der Waals surface area contributed by atoms with E-state index in [1.165, 1.54) is 83.7 Å². The zero-order chi connectivity index (χ0) is 13.1. The van der Waals surface area contributed by atoms with Gasteiger partial charge in [-0.3, -0.25) is 0 Å². The number of hydrogen-bond donors (Lipinski definition) is 0. The molecule has 0 amide bonds. The van der Waals surface area contributed by atoms with Gasteiger partial charge in [0.2, 0.25) is 0 Å². The van der Waals surface area contributed by atoms with Gasteiger partial charge in [0.25, 0.3) is 0 Å². The van der Waals surface area contributed by atoms with Crippen LogP contribution in [0, 0.1) is 0 Å². The molecule has 0 saturated heterocycles. The second-order valence-electron chi connectivity index (χ2n) is 5.78. The molecule has 0 N–H and O–H groups in total. The van der Waals surface area contributed by atoms with Crippen molar-refractivity contribution in [1.29, 1.82) is 0 Å². The molecule has 18 heavy (non-hydrogen) atoms. The van der Waals surface area contributed by atoms with Crippen LogP contribution < -0.4 is 0 Å². The summed E-state index contributed by atoms with van der Waals surface area (Å²) in [6.45, 7) is 4.96. The van der Waals surface area contributed by atoms with E-state index >= 15 is 0 Å². The van der Waals surface area contributed by atoms with E-state index in [2.05, 4.69) is 27.8 Å². The second kappa shape index (κ2) is 11.3. The fourth-order valence-corrected chi connectivity index (χ4v) is 3.01.